The number of rotatable bonds is 0. The Kier molecular flexibility index (Phi) is 3.26. The van der Waals surface area contributed by atoms with E-state index >= 15 is 0 Å². The molecular formula is C8H2F9N. The quantitative estimate of drug-likeness (QED) is 0.652. The molecule has 0 N–H and O–H groups in total. The van der Waals surface area contributed by atoms with E-state index in [0.717, 1.165) is 0 Å². The molecule has 0 amide bonds. The molecule has 0 spiro atoms. The maximum absolute atomic E-state index is 12.3. The van der Waals surface area contributed by atoms with Crippen LogP contribution >= 0.6 is 0 Å². The van der Waals surface area contributed by atoms with Crippen molar-refractivity contribution in [1.82, 2.24) is 4.98 Å². The minimum absolute atomic E-state index is 0.481. The summed E-state index contributed by atoms with van der Waals surface area (Å²) in [6.07, 6.45) is -16.7. The van der Waals surface area contributed by atoms with E-state index in [0.29, 0.717) is 0 Å². The van der Waals surface area contributed by atoms with Crippen LogP contribution in [0.1, 0.15) is 16.8 Å². The van der Waals surface area contributed by atoms with Crippen LogP contribution in [-0.4, -0.2) is 4.98 Å². The van der Waals surface area contributed by atoms with Gasteiger partial charge in [0.1, 0.15) is 5.69 Å². The first-order chi connectivity index (χ1) is 7.83. The van der Waals surface area contributed by atoms with Gasteiger partial charge in [-0.25, -0.2) is 0 Å². The monoisotopic (exact) mass is 283 g/mol. The van der Waals surface area contributed by atoms with Gasteiger partial charge in [0.2, 0.25) is 0 Å². The molecule has 0 aliphatic heterocycles. The molecule has 0 saturated carbocycles. The fraction of sp³-hybridized carbons (Fsp3) is 0.375. The van der Waals surface area contributed by atoms with E-state index < -0.39 is 47.6 Å². The molecule has 1 rings (SSSR count). The maximum Gasteiger partial charge on any atom is 0.433 e. The highest BCUT2D eigenvalue weighted by molar-refractivity contribution is 5.32. The lowest BCUT2D eigenvalue weighted by Gasteiger charge is -2.16. The molecule has 0 aromatic carbocycles. The molecule has 0 aliphatic rings. The van der Waals surface area contributed by atoms with Crippen molar-refractivity contribution >= 4 is 0 Å². The first kappa shape index (κ1) is 14.6. The van der Waals surface area contributed by atoms with Gasteiger partial charge in [0, 0.05) is 6.20 Å². The van der Waals surface area contributed by atoms with Crippen LogP contribution in [0, 0.1) is 0 Å². The van der Waals surface area contributed by atoms with Crippen LogP contribution in [-0.2, 0) is 18.5 Å². The van der Waals surface area contributed by atoms with Crippen LogP contribution in [0.2, 0.25) is 0 Å². The van der Waals surface area contributed by atoms with Crippen molar-refractivity contribution in [2.75, 3.05) is 0 Å². The Labute approximate surface area is 93.2 Å². The predicted molar refractivity (Wildman–Crippen MR) is 39.2 cm³/mol. The standard InChI is InChI=1S/C8H2F9N/c9-6(10,11)3-1-5(8(15,16)17)18-2-4(3)7(12,13)14/h1-2H. The van der Waals surface area contributed by atoms with Gasteiger partial charge in [-0.1, -0.05) is 0 Å². The van der Waals surface area contributed by atoms with Crippen LogP contribution in [0.15, 0.2) is 12.3 Å². The van der Waals surface area contributed by atoms with Gasteiger partial charge < -0.3 is 0 Å². The van der Waals surface area contributed by atoms with E-state index in [9.17, 15) is 39.5 Å². The molecule has 10 heteroatoms. The number of hydrogen-bond acceptors (Lipinski definition) is 1. The summed E-state index contributed by atoms with van der Waals surface area (Å²) < 4.78 is 110. The number of hydrogen-bond donors (Lipinski definition) is 0. The lowest BCUT2D eigenvalue weighted by molar-refractivity contribution is -0.164. The van der Waals surface area contributed by atoms with Crippen molar-refractivity contribution in [3.8, 4) is 0 Å². The first-order valence-electron chi connectivity index (χ1n) is 4.05. The van der Waals surface area contributed by atoms with Gasteiger partial charge in [0.05, 0.1) is 11.1 Å². The second kappa shape index (κ2) is 4.02. The van der Waals surface area contributed by atoms with Crippen molar-refractivity contribution < 1.29 is 39.5 Å². The molecule has 1 aromatic rings. The van der Waals surface area contributed by atoms with Gasteiger partial charge in [0.25, 0.3) is 0 Å². The molecule has 18 heavy (non-hydrogen) atoms. The fourth-order valence-corrected chi connectivity index (χ4v) is 1.07. The number of halogens is 9. The molecule has 102 valence electrons. The van der Waals surface area contributed by atoms with Crippen molar-refractivity contribution in [1.29, 1.82) is 0 Å². The zero-order valence-corrected chi connectivity index (χ0v) is 8.00. The maximum atomic E-state index is 12.3. The number of pyridine rings is 1. The van der Waals surface area contributed by atoms with Crippen LogP contribution in [0.4, 0.5) is 39.5 Å². The Morgan fingerprint density at radius 2 is 1.11 bits per heavy atom. The van der Waals surface area contributed by atoms with Crippen LogP contribution < -0.4 is 0 Å². The molecule has 1 aromatic heterocycles. The molecule has 1 nitrogen and oxygen atoms in total. The Morgan fingerprint density at radius 3 is 1.44 bits per heavy atom. The minimum Gasteiger partial charge on any atom is -0.251 e. The summed E-state index contributed by atoms with van der Waals surface area (Å²) in [7, 11) is 0. The van der Waals surface area contributed by atoms with Gasteiger partial charge in [0.15, 0.2) is 0 Å². The Morgan fingerprint density at radius 1 is 0.667 bits per heavy atom. The zero-order valence-electron chi connectivity index (χ0n) is 8.00. The average molecular weight is 283 g/mol. The highest BCUT2D eigenvalue weighted by Gasteiger charge is 2.45. The van der Waals surface area contributed by atoms with Crippen molar-refractivity contribution in [2.24, 2.45) is 0 Å². The SMILES string of the molecule is FC(F)(F)c1cc(C(F)(F)F)c(C(F)(F)F)cn1. The largest absolute Gasteiger partial charge is 0.433 e. The lowest BCUT2D eigenvalue weighted by Crippen LogP contribution is -2.19. The number of nitrogens with zero attached hydrogens (tertiary/aromatic N) is 1. The Hall–Kier alpha value is -1.48. The van der Waals surface area contributed by atoms with Crippen LogP contribution in [0.5, 0.6) is 0 Å². The minimum atomic E-state index is -5.56. The summed E-state index contributed by atoms with van der Waals surface area (Å²) in [6.45, 7) is 0. The highest BCUT2D eigenvalue weighted by Crippen LogP contribution is 2.41. The molecule has 0 bridgehead atoms. The summed E-state index contributed by atoms with van der Waals surface area (Å²) in [5.74, 6) is 0. The Balaban J connectivity index is 3.50. The average Bonchev–Trinajstić information content (AvgIpc) is 2.12. The third-order valence-corrected chi connectivity index (χ3v) is 1.81. The fourth-order valence-electron chi connectivity index (χ4n) is 1.07. The smallest absolute Gasteiger partial charge is 0.251 e. The number of alkyl halides is 9. The zero-order chi connectivity index (χ0) is 14.4. The normalized spacial score (nSPS) is 13.8. The first-order valence-corrected chi connectivity index (χ1v) is 4.05. The molecule has 0 unspecified atom stereocenters. The van der Waals surface area contributed by atoms with Crippen molar-refractivity contribution in [3.05, 3.63) is 29.1 Å². The topological polar surface area (TPSA) is 12.9 Å². The highest BCUT2D eigenvalue weighted by atomic mass is 19.4. The van der Waals surface area contributed by atoms with E-state index in [2.05, 4.69) is 4.98 Å². The van der Waals surface area contributed by atoms with E-state index in [-0.39, 0.29) is 0 Å². The molecule has 0 saturated heterocycles. The van der Waals surface area contributed by atoms with E-state index in [1.807, 2.05) is 0 Å². The van der Waals surface area contributed by atoms with Gasteiger partial charge in [-0.3, -0.25) is 4.98 Å². The summed E-state index contributed by atoms with van der Waals surface area (Å²) in [5.41, 5.74) is -6.72. The molecule has 0 aliphatic carbocycles. The van der Waals surface area contributed by atoms with Crippen molar-refractivity contribution in [2.45, 2.75) is 18.5 Å². The number of aromatic nitrogens is 1. The summed E-state index contributed by atoms with van der Waals surface area (Å²) in [6, 6.07) is -0.664. The third kappa shape index (κ3) is 3.05. The molecular weight excluding hydrogens is 281 g/mol. The lowest BCUT2D eigenvalue weighted by atomic mass is 10.1. The third-order valence-electron chi connectivity index (χ3n) is 1.81. The van der Waals surface area contributed by atoms with E-state index in [1.165, 1.54) is 0 Å². The van der Waals surface area contributed by atoms with Crippen LogP contribution in [0.25, 0.3) is 0 Å². The predicted octanol–water partition coefficient (Wildman–Crippen LogP) is 4.14. The van der Waals surface area contributed by atoms with Crippen LogP contribution in [0.3, 0.4) is 0 Å². The molecule has 0 atom stereocenters. The second-order valence-electron chi connectivity index (χ2n) is 3.11. The summed E-state index contributed by atoms with van der Waals surface area (Å²) >= 11 is 0. The van der Waals surface area contributed by atoms with Gasteiger partial charge in [-0.15, -0.1) is 0 Å². The molecule has 1 heterocycles. The van der Waals surface area contributed by atoms with Crippen molar-refractivity contribution in [3.63, 3.8) is 0 Å². The Bertz CT molecular complexity index is 439. The summed E-state index contributed by atoms with van der Waals surface area (Å²) in [4.78, 5) is 2.35. The molecule has 0 fully saturated rings. The molecule has 0 radical (unpaired) electrons. The van der Waals surface area contributed by atoms with Gasteiger partial charge in [-0.2, -0.15) is 39.5 Å². The summed E-state index contributed by atoms with van der Waals surface area (Å²) in [5, 5.41) is 0. The second-order valence-corrected chi connectivity index (χ2v) is 3.11. The van der Waals surface area contributed by atoms with Gasteiger partial charge in [-0.05, 0) is 6.07 Å². The van der Waals surface area contributed by atoms with Gasteiger partial charge >= 0.3 is 18.5 Å². The van der Waals surface area contributed by atoms with E-state index in [4.69, 9.17) is 0 Å². The van der Waals surface area contributed by atoms with E-state index in [1.54, 1.807) is 0 Å².